The second-order valence-corrected chi connectivity index (χ2v) is 6.03. The first kappa shape index (κ1) is 18.4. The molecular weight excluding hydrogens is 366 g/mol. The van der Waals surface area contributed by atoms with Crippen LogP contribution in [0.1, 0.15) is 20.7 Å². The highest BCUT2D eigenvalue weighted by molar-refractivity contribution is 6.30. The van der Waals surface area contributed by atoms with Gasteiger partial charge in [-0.15, -0.1) is 0 Å². The fourth-order valence-electron chi connectivity index (χ4n) is 2.33. The standard InChI is InChI=1S/C20H16ClN3O3/c1-27-20(26)13-3-2-4-17(11-13)23-18-10-5-14(12-22-18)19(25)24-16-8-6-15(21)7-9-16/h2-12H,1H3,(H,22,23)(H,24,25). The summed E-state index contributed by atoms with van der Waals surface area (Å²) in [5.41, 5.74) is 2.18. The molecule has 6 nitrogen and oxygen atoms in total. The summed E-state index contributed by atoms with van der Waals surface area (Å²) in [6.07, 6.45) is 1.47. The van der Waals surface area contributed by atoms with Gasteiger partial charge in [-0.3, -0.25) is 4.79 Å². The van der Waals surface area contributed by atoms with Crippen molar-refractivity contribution in [2.75, 3.05) is 17.7 Å². The summed E-state index contributed by atoms with van der Waals surface area (Å²) < 4.78 is 4.70. The zero-order valence-corrected chi connectivity index (χ0v) is 15.2. The predicted octanol–water partition coefficient (Wildman–Crippen LogP) is 4.52. The summed E-state index contributed by atoms with van der Waals surface area (Å²) in [4.78, 5) is 28.1. The van der Waals surface area contributed by atoms with Crippen molar-refractivity contribution in [1.82, 2.24) is 4.98 Å². The Morgan fingerprint density at radius 3 is 2.41 bits per heavy atom. The molecule has 0 bridgehead atoms. The molecule has 1 heterocycles. The largest absolute Gasteiger partial charge is 0.465 e. The molecule has 0 saturated heterocycles. The SMILES string of the molecule is COC(=O)c1cccc(Nc2ccc(C(=O)Nc3ccc(Cl)cc3)cn2)c1. The minimum Gasteiger partial charge on any atom is -0.465 e. The molecule has 1 aromatic heterocycles. The molecule has 0 atom stereocenters. The maximum absolute atomic E-state index is 12.3. The molecule has 0 saturated carbocycles. The van der Waals surface area contributed by atoms with Crippen LogP contribution in [0.25, 0.3) is 0 Å². The first-order valence-electron chi connectivity index (χ1n) is 8.03. The minimum absolute atomic E-state index is 0.274. The molecule has 2 aromatic carbocycles. The lowest BCUT2D eigenvalue weighted by atomic mass is 10.2. The van der Waals surface area contributed by atoms with Crippen LogP contribution in [0.5, 0.6) is 0 Å². The number of amides is 1. The minimum atomic E-state index is -0.416. The van der Waals surface area contributed by atoms with Gasteiger partial charge < -0.3 is 15.4 Å². The fourth-order valence-corrected chi connectivity index (χ4v) is 2.45. The number of anilines is 3. The number of rotatable bonds is 5. The Balaban J connectivity index is 1.67. The quantitative estimate of drug-likeness (QED) is 0.635. The lowest BCUT2D eigenvalue weighted by Crippen LogP contribution is -2.12. The number of hydrogen-bond donors (Lipinski definition) is 2. The van der Waals surface area contributed by atoms with E-state index in [2.05, 4.69) is 15.6 Å². The maximum Gasteiger partial charge on any atom is 0.337 e. The third-order valence-corrected chi connectivity index (χ3v) is 3.94. The third kappa shape index (κ3) is 4.83. The number of nitrogens with zero attached hydrogens (tertiary/aromatic N) is 1. The first-order chi connectivity index (χ1) is 13.0. The van der Waals surface area contributed by atoms with Crippen molar-refractivity contribution in [1.29, 1.82) is 0 Å². The van der Waals surface area contributed by atoms with Crippen LogP contribution in [-0.4, -0.2) is 24.0 Å². The molecule has 0 aliphatic rings. The highest BCUT2D eigenvalue weighted by atomic mass is 35.5. The number of halogens is 1. The fraction of sp³-hybridized carbons (Fsp3) is 0.0500. The van der Waals surface area contributed by atoms with E-state index in [0.29, 0.717) is 33.3 Å². The van der Waals surface area contributed by atoms with E-state index >= 15 is 0 Å². The van der Waals surface area contributed by atoms with Gasteiger partial charge in [0.1, 0.15) is 5.82 Å². The molecule has 0 spiro atoms. The van der Waals surface area contributed by atoms with Crippen LogP contribution in [0, 0.1) is 0 Å². The second-order valence-electron chi connectivity index (χ2n) is 5.59. The number of carbonyl (C=O) groups excluding carboxylic acids is 2. The zero-order chi connectivity index (χ0) is 19.2. The number of aromatic nitrogens is 1. The van der Waals surface area contributed by atoms with Crippen molar-refractivity contribution >= 4 is 40.7 Å². The van der Waals surface area contributed by atoms with Gasteiger partial charge in [0.15, 0.2) is 0 Å². The number of methoxy groups -OCH3 is 1. The molecular formula is C20H16ClN3O3. The van der Waals surface area contributed by atoms with Crippen molar-refractivity contribution in [3.05, 3.63) is 83.0 Å². The average Bonchev–Trinajstić information content (AvgIpc) is 2.70. The van der Waals surface area contributed by atoms with Crippen LogP contribution in [-0.2, 0) is 4.74 Å². The Labute approximate surface area is 161 Å². The van der Waals surface area contributed by atoms with E-state index in [1.165, 1.54) is 13.3 Å². The molecule has 7 heteroatoms. The lowest BCUT2D eigenvalue weighted by molar-refractivity contribution is 0.0600. The van der Waals surface area contributed by atoms with Crippen molar-refractivity contribution in [2.45, 2.75) is 0 Å². The van der Waals surface area contributed by atoms with Crippen LogP contribution in [0.15, 0.2) is 66.9 Å². The highest BCUT2D eigenvalue weighted by Gasteiger charge is 2.08. The summed E-state index contributed by atoms with van der Waals surface area (Å²) >= 11 is 5.83. The normalized spacial score (nSPS) is 10.1. The number of esters is 1. The summed E-state index contributed by atoms with van der Waals surface area (Å²) in [5.74, 6) is -0.148. The molecule has 1 amide bonds. The van der Waals surface area contributed by atoms with Gasteiger partial charge in [-0.2, -0.15) is 0 Å². The van der Waals surface area contributed by atoms with E-state index in [1.807, 2.05) is 0 Å². The average molecular weight is 382 g/mol. The van der Waals surface area contributed by atoms with Gasteiger partial charge in [0.2, 0.25) is 0 Å². The Morgan fingerprint density at radius 2 is 1.74 bits per heavy atom. The Hall–Kier alpha value is -3.38. The van der Waals surface area contributed by atoms with Gasteiger partial charge in [-0.05, 0) is 54.6 Å². The van der Waals surface area contributed by atoms with Crippen LogP contribution in [0.4, 0.5) is 17.2 Å². The smallest absolute Gasteiger partial charge is 0.337 e. The van der Waals surface area contributed by atoms with E-state index in [0.717, 1.165) is 0 Å². The topological polar surface area (TPSA) is 80.3 Å². The molecule has 136 valence electrons. The van der Waals surface area contributed by atoms with Gasteiger partial charge in [-0.1, -0.05) is 17.7 Å². The molecule has 3 aromatic rings. The number of nitrogens with one attached hydrogen (secondary N) is 2. The summed E-state index contributed by atoms with van der Waals surface area (Å²) in [5, 5.41) is 6.45. The summed E-state index contributed by atoms with van der Waals surface area (Å²) in [7, 11) is 1.33. The Bertz CT molecular complexity index is 957. The van der Waals surface area contributed by atoms with Crippen molar-refractivity contribution in [3.8, 4) is 0 Å². The third-order valence-electron chi connectivity index (χ3n) is 3.68. The monoisotopic (exact) mass is 381 g/mol. The first-order valence-corrected chi connectivity index (χ1v) is 8.41. The molecule has 0 unspecified atom stereocenters. The summed E-state index contributed by atoms with van der Waals surface area (Å²) in [6.45, 7) is 0. The number of benzene rings is 2. The Kier molecular flexibility index (Phi) is 5.68. The molecule has 2 N–H and O–H groups in total. The van der Waals surface area contributed by atoms with Gasteiger partial charge in [0.05, 0.1) is 18.2 Å². The van der Waals surface area contributed by atoms with Gasteiger partial charge in [-0.25, -0.2) is 9.78 Å². The van der Waals surface area contributed by atoms with E-state index in [9.17, 15) is 9.59 Å². The highest BCUT2D eigenvalue weighted by Crippen LogP contribution is 2.18. The number of ether oxygens (including phenoxy) is 1. The van der Waals surface area contributed by atoms with E-state index < -0.39 is 5.97 Å². The van der Waals surface area contributed by atoms with Crippen LogP contribution >= 0.6 is 11.6 Å². The van der Waals surface area contributed by atoms with Gasteiger partial charge in [0, 0.05) is 22.6 Å². The van der Waals surface area contributed by atoms with Gasteiger partial charge in [0.25, 0.3) is 5.91 Å². The molecule has 0 aliphatic heterocycles. The summed E-state index contributed by atoms with van der Waals surface area (Å²) in [6, 6.07) is 17.0. The predicted molar refractivity (Wildman–Crippen MR) is 105 cm³/mol. The maximum atomic E-state index is 12.3. The van der Waals surface area contributed by atoms with Crippen LogP contribution in [0.3, 0.4) is 0 Å². The number of hydrogen-bond acceptors (Lipinski definition) is 5. The lowest BCUT2D eigenvalue weighted by Gasteiger charge is -2.08. The number of pyridine rings is 1. The van der Waals surface area contributed by atoms with Gasteiger partial charge >= 0.3 is 5.97 Å². The van der Waals surface area contributed by atoms with Crippen LogP contribution in [0.2, 0.25) is 5.02 Å². The molecule has 0 fully saturated rings. The van der Waals surface area contributed by atoms with Crippen molar-refractivity contribution in [2.24, 2.45) is 0 Å². The molecule has 3 rings (SSSR count). The van der Waals surface area contributed by atoms with E-state index in [4.69, 9.17) is 16.3 Å². The molecule has 0 aliphatic carbocycles. The second kappa shape index (κ2) is 8.33. The van der Waals surface area contributed by atoms with Crippen molar-refractivity contribution in [3.63, 3.8) is 0 Å². The molecule has 27 heavy (non-hydrogen) atoms. The zero-order valence-electron chi connectivity index (χ0n) is 14.4. The molecule has 0 radical (unpaired) electrons. The Morgan fingerprint density at radius 1 is 0.963 bits per heavy atom. The van der Waals surface area contributed by atoms with Crippen LogP contribution < -0.4 is 10.6 Å². The van der Waals surface area contributed by atoms with E-state index in [-0.39, 0.29) is 5.91 Å². The van der Waals surface area contributed by atoms with Crippen molar-refractivity contribution < 1.29 is 14.3 Å². The van der Waals surface area contributed by atoms with E-state index in [1.54, 1.807) is 60.7 Å². The number of carbonyl (C=O) groups is 2.